The maximum Gasteiger partial charge on any atom is 0.356 e. The first-order valence-electron chi connectivity index (χ1n) is 6.06. The van der Waals surface area contributed by atoms with Gasteiger partial charge in [-0.25, -0.2) is 4.79 Å². The van der Waals surface area contributed by atoms with E-state index in [1.807, 2.05) is 0 Å². The average molecular weight is 250 g/mol. The SMILES string of the molecule is CN(C)CC1CCCN1c1ccc(C(=O)O)nn1. The summed E-state index contributed by atoms with van der Waals surface area (Å²) >= 11 is 0. The molecule has 0 aliphatic carbocycles. The van der Waals surface area contributed by atoms with Crippen LogP contribution in [0.1, 0.15) is 23.3 Å². The van der Waals surface area contributed by atoms with Gasteiger partial charge in [-0.2, -0.15) is 0 Å². The summed E-state index contributed by atoms with van der Waals surface area (Å²) in [5.41, 5.74) is -0.0119. The summed E-state index contributed by atoms with van der Waals surface area (Å²) in [7, 11) is 4.10. The molecule has 1 aliphatic heterocycles. The second-order valence-corrected chi connectivity index (χ2v) is 4.83. The van der Waals surface area contributed by atoms with Gasteiger partial charge in [-0.15, -0.1) is 10.2 Å². The zero-order valence-electron chi connectivity index (χ0n) is 10.7. The lowest BCUT2D eigenvalue weighted by atomic mass is 10.2. The summed E-state index contributed by atoms with van der Waals surface area (Å²) in [6.45, 7) is 1.93. The fraction of sp³-hybridized carbons (Fsp3) is 0.583. The van der Waals surface area contributed by atoms with E-state index in [1.165, 1.54) is 6.07 Å². The predicted octanol–water partition coefficient (Wildman–Crippen LogP) is 0.705. The van der Waals surface area contributed by atoms with Crippen molar-refractivity contribution in [3.8, 4) is 0 Å². The molecular weight excluding hydrogens is 232 g/mol. The Balaban J connectivity index is 2.12. The Morgan fingerprint density at radius 1 is 1.50 bits per heavy atom. The first kappa shape index (κ1) is 12.8. The minimum atomic E-state index is -1.04. The van der Waals surface area contributed by atoms with Crippen LogP contribution in [0.2, 0.25) is 0 Å². The zero-order chi connectivity index (χ0) is 13.1. The van der Waals surface area contributed by atoms with Crippen LogP contribution < -0.4 is 4.90 Å². The summed E-state index contributed by atoms with van der Waals surface area (Å²) in [6, 6.07) is 3.69. The van der Waals surface area contributed by atoms with Crippen LogP contribution in [0.15, 0.2) is 12.1 Å². The lowest BCUT2D eigenvalue weighted by Crippen LogP contribution is -2.38. The molecule has 1 aromatic rings. The number of hydrogen-bond donors (Lipinski definition) is 1. The van der Waals surface area contributed by atoms with Gasteiger partial charge in [0, 0.05) is 19.1 Å². The minimum Gasteiger partial charge on any atom is -0.476 e. The number of aromatic nitrogens is 2. The molecule has 1 aromatic heterocycles. The van der Waals surface area contributed by atoms with Crippen LogP contribution in [-0.2, 0) is 0 Å². The standard InChI is InChI=1S/C12H18N4O2/c1-15(2)8-9-4-3-7-16(9)11-6-5-10(12(17)18)13-14-11/h5-6,9H,3-4,7-8H2,1-2H3,(H,17,18). The number of rotatable bonds is 4. The number of anilines is 1. The van der Waals surface area contributed by atoms with Gasteiger partial charge < -0.3 is 14.9 Å². The molecule has 6 nitrogen and oxygen atoms in total. The van der Waals surface area contributed by atoms with E-state index >= 15 is 0 Å². The third-order valence-corrected chi connectivity index (χ3v) is 3.12. The number of carbonyl (C=O) groups is 1. The quantitative estimate of drug-likeness (QED) is 0.848. The van der Waals surface area contributed by atoms with Gasteiger partial charge in [0.1, 0.15) is 0 Å². The van der Waals surface area contributed by atoms with Crippen LogP contribution in [0.3, 0.4) is 0 Å². The van der Waals surface area contributed by atoms with Crippen molar-refractivity contribution in [1.82, 2.24) is 15.1 Å². The minimum absolute atomic E-state index is 0.0119. The summed E-state index contributed by atoms with van der Waals surface area (Å²) in [5.74, 6) is -0.273. The molecule has 0 aromatic carbocycles. The van der Waals surface area contributed by atoms with E-state index in [9.17, 15) is 4.79 Å². The van der Waals surface area contributed by atoms with Crippen molar-refractivity contribution in [1.29, 1.82) is 0 Å². The number of nitrogens with zero attached hydrogens (tertiary/aromatic N) is 4. The lowest BCUT2D eigenvalue weighted by Gasteiger charge is -2.27. The first-order valence-corrected chi connectivity index (χ1v) is 6.06. The monoisotopic (exact) mass is 250 g/mol. The molecule has 6 heteroatoms. The zero-order valence-corrected chi connectivity index (χ0v) is 10.7. The number of likely N-dealkylation sites (N-methyl/N-ethyl adjacent to an activating group) is 1. The van der Waals surface area contributed by atoms with Crippen LogP contribution >= 0.6 is 0 Å². The molecule has 0 radical (unpaired) electrons. The van der Waals surface area contributed by atoms with Crippen molar-refractivity contribution in [3.05, 3.63) is 17.8 Å². The topological polar surface area (TPSA) is 69.6 Å². The highest BCUT2D eigenvalue weighted by Crippen LogP contribution is 2.23. The molecule has 0 bridgehead atoms. The van der Waals surface area contributed by atoms with Crippen LogP contribution in [0.5, 0.6) is 0 Å². The van der Waals surface area contributed by atoms with Crippen molar-refractivity contribution >= 4 is 11.8 Å². The second kappa shape index (κ2) is 5.30. The molecule has 0 amide bonds. The third kappa shape index (κ3) is 2.76. The van der Waals surface area contributed by atoms with Crippen molar-refractivity contribution in [2.75, 3.05) is 32.1 Å². The van der Waals surface area contributed by atoms with E-state index in [0.29, 0.717) is 6.04 Å². The normalized spacial score (nSPS) is 19.5. The van der Waals surface area contributed by atoms with Gasteiger partial charge in [0.25, 0.3) is 0 Å². The highest BCUT2D eigenvalue weighted by atomic mass is 16.4. The Hall–Kier alpha value is -1.69. The predicted molar refractivity (Wildman–Crippen MR) is 67.9 cm³/mol. The van der Waals surface area contributed by atoms with Gasteiger partial charge in [0.2, 0.25) is 0 Å². The van der Waals surface area contributed by atoms with Gasteiger partial charge >= 0.3 is 5.97 Å². The molecule has 1 unspecified atom stereocenters. The largest absolute Gasteiger partial charge is 0.476 e. The fourth-order valence-corrected chi connectivity index (χ4v) is 2.34. The van der Waals surface area contributed by atoms with E-state index in [1.54, 1.807) is 6.07 Å². The van der Waals surface area contributed by atoms with E-state index < -0.39 is 5.97 Å². The Morgan fingerprint density at radius 2 is 2.28 bits per heavy atom. The van der Waals surface area contributed by atoms with Crippen LogP contribution in [-0.4, -0.2) is 59.4 Å². The molecule has 98 valence electrons. The van der Waals surface area contributed by atoms with E-state index in [4.69, 9.17) is 5.11 Å². The maximum atomic E-state index is 10.7. The maximum absolute atomic E-state index is 10.7. The van der Waals surface area contributed by atoms with E-state index in [-0.39, 0.29) is 5.69 Å². The lowest BCUT2D eigenvalue weighted by molar-refractivity contribution is 0.0689. The van der Waals surface area contributed by atoms with E-state index in [0.717, 1.165) is 31.7 Å². The van der Waals surface area contributed by atoms with Gasteiger partial charge in [-0.3, -0.25) is 0 Å². The fourth-order valence-electron chi connectivity index (χ4n) is 2.34. The van der Waals surface area contributed by atoms with Crippen molar-refractivity contribution in [3.63, 3.8) is 0 Å². The van der Waals surface area contributed by atoms with Gasteiger partial charge in [-0.05, 0) is 39.1 Å². The summed E-state index contributed by atoms with van der Waals surface area (Å²) < 4.78 is 0. The van der Waals surface area contributed by atoms with Crippen LogP contribution in [0, 0.1) is 0 Å². The molecule has 18 heavy (non-hydrogen) atoms. The molecule has 2 rings (SSSR count). The molecule has 1 atom stereocenters. The van der Waals surface area contributed by atoms with Crippen LogP contribution in [0.4, 0.5) is 5.82 Å². The Morgan fingerprint density at radius 3 is 2.83 bits per heavy atom. The van der Waals surface area contributed by atoms with E-state index in [2.05, 4.69) is 34.1 Å². The summed E-state index contributed by atoms with van der Waals surface area (Å²) in [5, 5.41) is 16.5. The molecule has 1 fully saturated rings. The van der Waals surface area contributed by atoms with Crippen molar-refractivity contribution in [2.24, 2.45) is 0 Å². The number of hydrogen-bond acceptors (Lipinski definition) is 5. The molecule has 1 N–H and O–H groups in total. The number of aromatic carboxylic acids is 1. The number of carboxylic acids is 1. The van der Waals surface area contributed by atoms with Crippen molar-refractivity contribution < 1.29 is 9.90 Å². The molecule has 0 spiro atoms. The third-order valence-electron chi connectivity index (χ3n) is 3.12. The smallest absolute Gasteiger partial charge is 0.356 e. The molecule has 2 heterocycles. The molecular formula is C12H18N4O2. The first-order chi connectivity index (χ1) is 8.58. The Bertz CT molecular complexity index is 419. The number of carboxylic acid groups (broad SMARTS) is 1. The molecule has 0 saturated carbocycles. The summed E-state index contributed by atoms with van der Waals surface area (Å²) in [6.07, 6.45) is 2.28. The summed E-state index contributed by atoms with van der Waals surface area (Å²) in [4.78, 5) is 15.1. The van der Waals surface area contributed by atoms with Crippen molar-refractivity contribution in [2.45, 2.75) is 18.9 Å². The highest BCUT2D eigenvalue weighted by Gasteiger charge is 2.26. The highest BCUT2D eigenvalue weighted by molar-refractivity contribution is 5.85. The van der Waals surface area contributed by atoms with Gasteiger partial charge in [-0.1, -0.05) is 0 Å². The Labute approximate surface area is 106 Å². The van der Waals surface area contributed by atoms with Gasteiger partial charge in [0.15, 0.2) is 11.5 Å². The molecule has 1 aliphatic rings. The second-order valence-electron chi connectivity index (χ2n) is 4.83. The van der Waals surface area contributed by atoms with Gasteiger partial charge in [0.05, 0.1) is 0 Å². The molecule has 1 saturated heterocycles. The average Bonchev–Trinajstić information content (AvgIpc) is 2.76. The Kier molecular flexibility index (Phi) is 3.76. The van der Waals surface area contributed by atoms with Crippen LogP contribution in [0.25, 0.3) is 0 Å².